The van der Waals surface area contributed by atoms with E-state index in [-0.39, 0.29) is 30.3 Å². The lowest BCUT2D eigenvalue weighted by atomic mass is 9.78. The lowest BCUT2D eigenvalue weighted by molar-refractivity contribution is -0.147. The number of carboxylic acid groups (broad SMARTS) is 1. The maximum Gasteiger partial charge on any atom is 0.332 e. The summed E-state index contributed by atoms with van der Waals surface area (Å²) in [7, 11) is 0. The Hall–Kier alpha value is -2.05. The fraction of sp³-hybridized carbons (Fsp3) is 0.583. The molecular formula is C24H35ClN2O4. The van der Waals surface area contributed by atoms with E-state index in [1.54, 1.807) is 6.20 Å². The van der Waals surface area contributed by atoms with Crippen LogP contribution in [0.5, 0.6) is 0 Å². The van der Waals surface area contributed by atoms with Crippen molar-refractivity contribution in [3.05, 3.63) is 46.1 Å². The number of hydrogen-bond acceptors (Lipinski definition) is 3. The van der Waals surface area contributed by atoms with Gasteiger partial charge in [0.15, 0.2) is 6.10 Å². The third kappa shape index (κ3) is 6.23. The SMILES string of the molecule is CC(C)C1=CN(CC[C@@H](O)C(=O)O)C(=O)N[C@@]1(C)c1ccc(CCC(C)(C)C)c(Cl)c1. The topological polar surface area (TPSA) is 89.9 Å². The molecular weight excluding hydrogens is 416 g/mol. The average Bonchev–Trinajstić information content (AvgIpc) is 2.64. The second kappa shape index (κ2) is 9.61. The van der Waals surface area contributed by atoms with Gasteiger partial charge in [0, 0.05) is 24.2 Å². The van der Waals surface area contributed by atoms with Gasteiger partial charge in [-0.15, -0.1) is 0 Å². The quantitative estimate of drug-likeness (QED) is 0.523. The molecule has 0 aromatic heterocycles. The number of carbonyl (C=O) groups is 2. The van der Waals surface area contributed by atoms with Crippen LogP contribution in [0.1, 0.15) is 65.5 Å². The van der Waals surface area contributed by atoms with E-state index < -0.39 is 17.6 Å². The highest BCUT2D eigenvalue weighted by atomic mass is 35.5. The summed E-state index contributed by atoms with van der Waals surface area (Å²) in [6, 6.07) is 5.65. The van der Waals surface area contributed by atoms with Crippen molar-refractivity contribution in [3.63, 3.8) is 0 Å². The molecule has 2 rings (SSSR count). The highest BCUT2D eigenvalue weighted by molar-refractivity contribution is 6.31. The predicted molar refractivity (Wildman–Crippen MR) is 123 cm³/mol. The number of aliphatic carboxylic acids is 1. The summed E-state index contributed by atoms with van der Waals surface area (Å²) in [4.78, 5) is 25.1. The third-order valence-corrected chi connectivity index (χ3v) is 6.17. The molecule has 0 unspecified atom stereocenters. The Labute approximate surface area is 190 Å². The molecule has 0 bridgehead atoms. The van der Waals surface area contributed by atoms with E-state index in [1.807, 2.05) is 39.0 Å². The number of rotatable bonds is 8. The largest absolute Gasteiger partial charge is 0.479 e. The number of carboxylic acids is 1. The molecule has 1 aliphatic rings. The summed E-state index contributed by atoms with van der Waals surface area (Å²) in [5.41, 5.74) is 2.45. The van der Waals surface area contributed by atoms with Crippen LogP contribution in [0.3, 0.4) is 0 Å². The van der Waals surface area contributed by atoms with E-state index in [1.165, 1.54) is 4.90 Å². The first-order valence-corrected chi connectivity index (χ1v) is 11.1. The molecule has 1 aromatic rings. The molecule has 172 valence electrons. The molecule has 6 nitrogen and oxygen atoms in total. The number of urea groups is 1. The summed E-state index contributed by atoms with van der Waals surface area (Å²) >= 11 is 6.62. The zero-order valence-corrected chi connectivity index (χ0v) is 20.1. The van der Waals surface area contributed by atoms with Crippen LogP contribution < -0.4 is 5.32 Å². The van der Waals surface area contributed by atoms with Crippen LogP contribution in [-0.2, 0) is 16.8 Å². The van der Waals surface area contributed by atoms with E-state index in [2.05, 4.69) is 26.1 Å². The minimum atomic E-state index is -1.50. The molecule has 0 spiro atoms. The molecule has 2 amide bonds. The predicted octanol–water partition coefficient (Wildman–Crippen LogP) is 4.93. The minimum Gasteiger partial charge on any atom is -0.479 e. The molecule has 3 N–H and O–H groups in total. The van der Waals surface area contributed by atoms with Crippen molar-refractivity contribution >= 4 is 23.6 Å². The monoisotopic (exact) mass is 450 g/mol. The van der Waals surface area contributed by atoms with Crippen molar-refractivity contribution in [2.75, 3.05) is 6.54 Å². The van der Waals surface area contributed by atoms with Crippen molar-refractivity contribution in [1.29, 1.82) is 0 Å². The Morgan fingerprint density at radius 1 is 1.29 bits per heavy atom. The van der Waals surface area contributed by atoms with E-state index in [0.717, 1.165) is 29.5 Å². The van der Waals surface area contributed by atoms with Crippen molar-refractivity contribution in [1.82, 2.24) is 10.2 Å². The number of carbonyl (C=O) groups excluding carboxylic acids is 1. The molecule has 1 aliphatic heterocycles. The third-order valence-electron chi connectivity index (χ3n) is 5.82. The number of halogens is 1. The number of aryl methyl sites for hydroxylation is 1. The normalized spacial score (nSPS) is 20.5. The fourth-order valence-electron chi connectivity index (χ4n) is 3.80. The van der Waals surface area contributed by atoms with Crippen LogP contribution in [0.15, 0.2) is 30.0 Å². The molecule has 0 saturated carbocycles. The first-order valence-electron chi connectivity index (χ1n) is 10.8. The van der Waals surface area contributed by atoms with Crippen LogP contribution in [0.25, 0.3) is 0 Å². The Balaban J connectivity index is 2.32. The Morgan fingerprint density at radius 2 is 1.94 bits per heavy atom. The van der Waals surface area contributed by atoms with Gasteiger partial charge in [-0.05, 0) is 53.9 Å². The Bertz CT molecular complexity index is 860. The zero-order chi connectivity index (χ0) is 23.6. The van der Waals surface area contributed by atoms with Crippen molar-refractivity contribution in [3.8, 4) is 0 Å². The van der Waals surface area contributed by atoms with Crippen molar-refractivity contribution in [2.24, 2.45) is 11.3 Å². The molecule has 0 aliphatic carbocycles. The fourth-order valence-corrected chi connectivity index (χ4v) is 4.08. The Kier molecular flexibility index (Phi) is 7.82. The van der Waals surface area contributed by atoms with Crippen LogP contribution in [-0.4, -0.2) is 39.8 Å². The van der Waals surface area contributed by atoms with Gasteiger partial charge in [-0.1, -0.05) is 58.4 Å². The van der Waals surface area contributed by atoms with Gasteiger partial charge in [-0.3, -0.25) is 0 Å². The van der Waals surface area contributed by atoms with Crippen LogP contribution in [0.2, 0.25) is 5.02 Å². The maximum absolute atomic E-state index is 12.8. The first kappa shape index (κ1) is 25.2. The molecule has 2 atom stereocenters. The number of hydrogen-bond donors (Lipinski definition) is 3. The summed E-state index contributed by atoms with van der Waals surface area (Å²) in [5.74, 6) is -1.17. The smallest absolute Gasteiger partial charge is 0.332 e. The summed E-state index contributed by atoms with van der Waals surface area (Å²) in [6.45, 7) is 12.8. The number of nitrogens with one attached hydrogen (secondary N) is 1. The lowest BCUT2D eigenvalue weighted by Gasteiger charge is -2.42. The highest BCUT2D eigenvalue weighted by Gasteiger charge is 2.40. The van der Waals surface area contributed by atoms with Gasteiger partial charge in [-0.25, -0.2) is 9.59 Å². The molecule has 0 radical (unpaired) electrons. The summed E-state index contributed by atoms with van der Waals surface area (Å²) in [5, 5.41) is 22.2. The van der Waals surface area contributed by atoms with Gasteiger partial charge in [0.2, 0.25) is 0 Å². The van der Waals surface area contributed by atoms with Gasteiger partial charge in [0.1, 0.15) is 0 Å². The number of aliphatic hydroxyl groups excluding tert-OH is 1. The van der Waals surface area contributed by atoms with Gasteiger partial charge in [0.05, 0.1) is 5.54 Å². The molecule has 1 heterocycles. The van der Waals surface area contributed by atoms with E-state index in [0.29, 0.717) is 5.02 Å². The number of amides is 2. The van der Waals surface area contributed by atoms with E-state index >= 15 is 0 Å². The van der Waals surface area contributed by atoms with Crippen LogP contribution >= 0.6 is 11.6 Å². The standard InChI is InChI=1S/C24H35ClN2O4/c1-15(2)18-14-27(12-10-20(28)21(29)30)22(31)26-24(18,6)17-8-7-16(19(25)13-17)9-11-23(3,4)5/h7-8,13-15,20,28H,9-12H2,1-6H3,(H,26,31)(H,29,30)/t20-,24+/m1/s1. The molecule has 0 fully saturated rings. The summed E-state index contributed by atoms with van der Waals surface area (Å²) < 4.78 is 0. The average molecular weight is 451 g/mol. The van der Waals surface area contributed by atoms with Gasteiger partial charge < -0.3 is 20.4 Å². The van der Waals surface area contributed by atoms with Gasteiger partial charge >= 0.3 is 12.0 Å². The van der Waals surface area contributed by atoms with Crippen LogP contribution in [0, 0.1) is 11.3 Å². The number of aliphatic hydroxyl groups is 1. The summed E-state index contributed by atoms with van der Waals surface area (Å²) in [6.07, 6.45) is 2.14. The second-order valence-electron chi connectivity index (χ2n) is 10.00. The first-order chi connectivity index (χ1) is 14.2. The highest BCUT2D eigenvalue weighted by Crippen LogP contribution is 2.38. The molecule has 7 heteroatoms. The molecule has 1 aromatic carbocycles. The minimum absolute atomic E-state index is 0.0460. The van der Waals surface area contributed by atoms with E-state index in [4.69, 9.17) is 16.7 Å². The maximum atomic E-state index is 12.8. The van der Waals surface area contributed by atoms with Gasteiger partial charge in [-0.2, -0.15) is 0 Å². The Morgan fingerprint density at radius 3 is 2.45 bits per heavy atom. The van der Waals surface area contributed by atoms with E-state index in [9.17, 15) is 14.7 Å². The van der Waals surface area contributed by atoms with Gasteiger partial charge in [0.25, 0.3) is 0 Å². The zero-order valence-electron chi connectivity index (χ0n) is 19.3. The number of nitrogens with zero attached hydrogens (tertiary/aromatic N) is 1. The molecule has 0 saturated heterocycles. The molecule has 31 heavy (non-hydrogen) atoms. The van der Waals surface area contributed by atoms with Crippen molar-refractivity contribution < 1.29 is 19.8 Å². The van der Waals surface area contributed by atoms with Crippen LogP contribution in [0.4, 0.5) is 4.79 Å². The second-order valence-corrected chi connectivity index (χ2v) is 10.4. The van der Waals surface area contributed by atoms with Crippen molar-refractivity contribution in [2.45, 2.75) is 72.4 Å². The number of benzene rings is 1. The lowest BCUT2D eigenvalue weighted by Crippen LogP contribution is -2.55.